The molecule has 94 valence electrons. The lowest BCUT2D eigenvalue weighted by Gasteiger charge is -2.27. The molecule has 0 aliphatic heterocycles. The van der Waals surface area contributed by atoms with Crippen molar-refractivity contribution in [3.63, 3.8) is 0 Å². The number of nitrogens with zero attached hydrogens (tertiary/aromatic N) is 3. The van der Waals surface area contributed by atoms with E-state index in [4.69, 9.17) is 21.4 Å². The molecular weight excluding hydrogens is 220 g/mol. The minimum atomic E-state index is -0.922. The smallest absolute Gasteiger partial charge is 0.320 e. The van der Waals surface area contributed by atoms with E-state index < -0.39 is 12.0 Å². The summed E-state index contributed by atoms with van der Waals surface area (Å²) in [6, 6.07) is 3.31. The van der Waals surface area contributed by atoms with Crippen LogP contribution in [0.3, 0.4) is 0 Å². The van der Waals surface area contributed by atoms with E-state index >= 15 is 0 Å². The van der Waals surface area contributed by atoms with E-state index in [2.05, 4.69) is 0 Å². The molecule has 17 heavy (non-hydrogen) atoms. The van der Waals surface area contributed by atoms with Gasteiger partial charge in [-0.2, -0.15) is 10.5 Å². The van der Waals surface area contributed by atoms with E-state index in [1.807, 2.05) is 12.1 Å². The second-order valence-electron chi connectivity index (χ2n) is 3.64. The van der Waals surface area contributed by atoms with Crippen molar-refractivity contribution in [1.29, 1.82) is 10.5 Å². The Balaban J connectivity index is 4.50. The van der Waals surface area contributed by atoms with Crippen molar-refractivity contribution in [2.45, 2.75) is 31.7 Å². The molecule has 0 amide bonds. The SMILES string of the molecule is N#CCCN(CCC#N)[C@@H](CCCN)C(=O)O. The minimum Gasteiger partial charge on any atom is -0.480 e. The lowest BCUT2D eigenvalue weighted by Crippen LogP contribution is -2.42. The molecule has 3 N–H and O–H groups in total. The summed E-state index contributed by atoms with van der Waals surface area (Å²) < 4.78 is 0. The topological polar surface area (TPSA) is 114 Å². The molecule has 0 saturated carbocycles. The third kappa shape index (κ3) is 6.52. The average molecular weight is 238 g/mol. The lowest BCUT2D eigenvalue weighted by atomic mass is 10.1. The molecular formula is C11H18N4O2. The standard InChI is InChI=1S/C11H18N4O2/c12-5-1-4-10(11(16)17)15(8-2-6-13)9-3-7-14/h10H,1-5,8-9,12H2,(H,16,17)/t10-/m0/s1. The first-order chi connectivity index (χ1) is 8.17. The van der Waals surface area contributed by atoms with Crippen molar-refractivity contribution in [2.24, 2.45) is 5.73 Å². The molecule has 0 aliphatic carbocycles. The molecule has 0 fully saturated rings. The Labute approximate surface area is 101 Å². The predicted molar refractivity (Wildman–Crippen MR) is 61.7 cm³/mol. The Bertz CT molecular complexity index is 288. The van der Waals surface area contributed by atoms with Crippen LogP contribution < -0.4 is 5.73 Å². The summed E-state index contributed by atoms with van der Waals surface area (Å²) in [5.74, 6) is -0.922. The predicted octanol–water partition coefficient (Wildman–Crippen LogP) is 0.308. The number of carboxylic acids is 1. The number of carboxylic acid groups (broad SMARTS) is 1. The van der Waals surface area contributed by atoms with Gasteiger partial charge in [-0.25, -0.2) is 0 Å². The molecule has 0 aromatic heterocycles. The molecule has 6 nitrogen and oxygen atoms in total. The number of nitriles is 2. The number of carbonyl (C=O) groups is 1. The monoisotopic (exact) mass is 238 g/mol. The second-order valence-corrected chi connectivity index (χ2v) is 3.64. The fraction of sp³-hybridized carbons (Fsp3) is 0.727. The van der Waals surface area contributed by atoms with Gasteiger partial charge in [-0.05, 0) is 19.4 Å². The number of hydrogen-bond acceptors (Lipinski definition) is 5. The van der Waals surface area contributed by atoms with Crippen LogP contribution in [0.2, 0.25) is 0 Å². The van der Waals surface area contributed by atoms with Crippen LogP contribution in [0, 0.1) is 22.7 Å². The highest BCUT2D eigenvalue weighted by Gasteiger charge is 2.24. The molecule has 1 atom stereocenters. The van der Waals surface area contributed by atoms with Gasteiger partial charge in [0, 0.05) is 25.9 Å². The van der Waals surface area contributed by atoms with Crippen LogP contribution >= 0.6 is 0 Å². The van der Waals surface area contributed by atoms with Gasteiger partial charge in [-0.1, -0.05) is 0 Å². The third-order valence-corrected chi connectivity index (χ3v) is 2.43. The van der Waals surface area contributed by atoms with Crippen molar-refractivity contribution in [1.82, 2.24) is 4.90 Å². The van der Waals surface area contributed by atoms with E-state index in [1.54, 1.807) is 4.90 Å². The summed E-state index contributed by atoms with van der Waals surface area (Å²) in [5.41, 5.74) is 5.36. The summed E-state index contributed by atoms with van der Waals surface area (Å²) in [7, 11) is 0. The number of hydrogen-bond donors (Lipinski definition) is 2. The minimum absolute atomic E-state index is 0.262. The zero-order chi connectivity index (χ0) is 13.1. The van der Waals surface area contributed by atoms with Crippen LogP contribution in [0.15, 0.2) is 0 Å². The zero-order valence-corrected chi connectivity index (χ0v) is 9.80. The second kappa shape index (κ2) is 9.59. The quantitative estimate of drug-likeness (QED) is 0.597. The van der Waals surface area contributed by atoms with Gasteiger partial charge >= 0.3 is 5.97 Å². The first kappa shape index (κ1) is 15.4. The molecule has 0 aromatic rings. The third-order valence-electron chi connectivity index (χ3n) is 2.43. The van der Waals surface area contributed by atoms with Crippen LogP contribution in [0.5, 0.6) is 0 Å². The molecule has 0 heterocycles. The Morgan fingerprint density at radius 2 is 1.82 bits per heavy atom. The van der Waals surface area contributed by atoms with Gasteiger partial charge < -0.3 is 10.8 Å². The highest BCUT2D eigenvalue weighted by molar-refractivity contribution is 5.73. The molecule has 0 rings (SSSR count). The van der Waals surface area contributed by atoms with Gasteiger partial charge in [-0.15, -0.1) is 0 Å². The van der Waals surface area contributed by atoms with Crippen molar-refractivity contribution in [3.05, 3.63) is 0 Å². The fourth-order valence-corrected chi connectivity index (χ4v) is 1.58. The lowest BCUT2D eigenvalue weighted by molar-refractivity contribution is -0.143. The largest absolute Gasteiger partial charge is 0.480 e. The molecule has 0 aromatic carbocycles. The van der Waals surface area contributed by atoms with Crippen LogP contribution in [0.4, 0.5) is 0 Å². The fourth-order valence-electron chi connectivity index (χ4n) is 1.58. The van der Waals surface area contributed by atoms with E-state index in [-0.39, 0.29) is 12.8 Å². The molecule has 0 bridgehead atoms. The van der Waals surface area contributed by atoms with Crippen molar-refractivity contribution in [3.8, 4) is 12.1 Å². The average Bonchev–Trinajstić information content (AvgIpc) is 2.31. The van der Waals surface area contributed by atoms with Gasteiger partial charge in [0.05, 0.1) is 12.1 Å². The van der Waals surface area contributed by atoms with E-state index in [0.29, 0.717) is 32.5 Å². The van der Waals surface area contributed by atoms with Crippen molar-refractivity contribution in [2.75, 3.05) is 19.6 Å². The summed E-state index contributed by atoms with van der Waals surface area (Å²) in [6.45, 7) is 1.19. The molecule has 0 aliphatic rings. The van der Waals surface area contributed by atoms with E-state index in [9.17, 15) is 4.79 Å². The van der Waals surface area contributed by atoms with Gasteiger partial charge in [0.25, 0.3) is 0 Å². The van der Waals surface area contributed by atoms with Crippen LogP contribution in [0.1, 0.15) is 25.7 Å². The van der Waals surface area contributed by atoms with Crippen LogP contribution in [0.25, 0.3) is 0 Å². The van der Waals surface area contributed by atoms with Crippen LogP contribution in [-0.2, 0) is 4.79 Å². The van der Waals surface area contributed by atoms with Crippen molar-refractivity contribution < 1.29 is 9.90 Å². The molecule has 0 saturated heterocycles. The van der Waals surface area contributed by atoms with E-state index in [1.165, 1.54) is 0 Å². The maximum absolute atomic E-state index is 11.1. The van der Waals surface area contributed by atoms with Crippen LogP contribution in [-0.4, -0.2) is 41.7 Å². The summed E-state index contributed by atoms with van der Waals surface area (Å²) >= 11 is 0. The number of nitrogens with two attached hydrogens (primary N) is 1. The number of rotatable bonds is 9. The highest BCUT2D eigenvalue weighted by Crippen LogP contribution is 2.09. The molecule has 0 unspecified atom stereocenters. The van der Waals surface area contributed by atoms with Crippen molar-refractivity contribution >= 4 is 5.97 Å². The summed E-state index contributed by atoms with van der Waals surface area (Å²) in [4.78, 5) is 12.8. The maximum Gasteiger partial charge on any atom is 0.320 e. The maximum atomic E-state index is 11.1. The molecule has 0 spiro atoms. The Kier molecular flexibility index (Phi) is 8.67. The van der Waals surface area contributed by atoms with Gasteiger partial charge in [0.2, 0.25) is 0 Å². The Morgan fingerprint density at radius 1 is 1.29 bits per heavy atom. The highest BCUT2D eigenvalue weighted by atomic mass is 16.4. The molecule has 0 radical (unpaired) electrons. The van der Waals surface area contributed by atoms with Gasteiger partial charge in [0.15, 0.2) is 0 Å². The van der Waals surface area contributed by atoms with Gasteiger partial charge in [-0.3, -0.25) is 9.69 Å². The first-order valence-corrected chi connectivity index (χ1v) is 5.58. The summed E-state index contributed by atoms with van der Waals surface area (Å²) in [5, 5.41) is 26.2. The van der Waals surface area contributed by atoms with E-state index in [0.717, 1.165) is 0 Å². The normalized spacial score (nSPS) is 11.8. The summed E-state index contributed by atoms with van der Waals surface area (Å²) in [6.07, 6.45) is 1.59. The molecule has 6 heteroatoms. The van der Waals surface area contributed by atoms with Gasteiger partial charge in [0.1, 0.15) is 6.04 Å². The Hall–Kier alpha value is -1.63. The Morgan fingerprint density at radius 3 is 2.18 bits per heavy atom. The first-order valence-electron chi connectivity index (χ1n) is 5.58. The zero-order valence-electron chi connectivity index (χ0n) is 9.80. The number of aliphatic carboxylic acids is 1.